The molecule has 2 heteroatoms. The van der Waals surface area contributed by atoms with Crippen LogP contribution in [0.5, 0.6) is 0 Å². The van der Waals surface area contributed by atoms with Crippen LogP contribution in [0, 0.1) is 0 Å². The summed E-state index contributed by atoms with van der Waals surface area (Å²) in [5, 5.41) is 1.65. The molecule has 0 aliphatic heterocycles. The molecule has 1 aromatic carbocycles. The Morgan fingerprint density at radius 2 is 1.71 bits per heavy atom. The Bertz CT molecular complexity index is 323. The highest BCUT2D eigenvalue weighted by molar-refractivity contribution is 6.91. The number of hydrogen-bond donors (Lipinski definition) is 0. The average Bonchev–Trinajstić information content (AvgIpc) is 2.40. The maximum Gasteiger partial charge on any atom is 0.0859 e. The highest BCUT2D eigenvalue weighted by Crippen LogP contribution is 2.20. The summed E-state index contributed by atoms with van der Waals surface area (Å²) < 4.78 is 0. The first-order valence-electron chi connectivity index (χ1n) is 6.87. The molecular weight excluding hydrogens is 244 g/mol. The fraction of sp³-hybridized carbons (Fsp3) is 0.600. The summed E-state index contributed by atoms with van der Waals surface area (Å²) >= 11 is 5.77. The van der Waals surface area contributed by atoms with Crippen molar-refractivity contribution in [3.63, 3.8) is 0 Å². The SMILES string of the molecule is CC[Si](CC)(CC)c1cccc(CCCCl)c1. The Hall–Kier alpha value is -0.273. The Kier molecular flexibility index (Phi) is 6.28. The summed E-state index contributed by atoms with van der Waals surface area (Å²) in [6, 6.07) is 13.4. The lowest BCUT2D eigenvalue weighted by Gasteiger charge is -2.29. The second-order valence-electron chi connectivity index (χ2n) is 4.83. The number of alkyl halides is 1. The lowest BCUT2D eigenvalue weighted by molar-refractivity contribution is 0.929. The zero-order chi connectivity index (χ0) is 12.7. The molecule has 0 bridgehead atoms. The van der Waals surface area contributed by atoms with Crippen molar-refractivity contribution in [2.24, 2.45) is 0 Å². The van der Waals surface area contributed by atoms with Gasteiger partial charge in [0.2, 0.25) is 0 Å². The maximum absolute atomic E-state index is 5.77. The van der Waals surface area contributed by atoms with E-state index in [1.54, 1.807) is 5.19 Å². The molecule has 0 radical (unpaired) electrons. The van der Waals surface area contributed by atoms with E-state index in [1.807, 2.05) is 0 Å². The average molecular weight is 269 g/mol. The summed E-state index contributed by atoms with van der Waals surface area (Å²) in [6.45, 7) is 7.10. The van der Waals surface area contributed by atoms with Gasteiger partial charge in [0.15, 0.2) is 0 Å². The van der Waals surface area contributed by atoms with Gasteiger partial charge in [0.1, 0.15) is 0 Å². The van der Waals surface area contributed by atoms with Crippen LogP contribution in [-0.4, -0.2) is 14.0 Å². The third-order valence-electron chi connectivity index (χ3n) is 4.17. The lowest BCUT2D eigenvalue weighted by atomic mass is 10.1. The highest BCUT2D eigenvalue weighted by Gasteiger charge is 2.28. The van der Waals surface area contributed by atoms with Gasteiger partial charge >= 0.3 is 0 Å². The van der Waals surface area contributed by atoms with Gasteiger partial charge in [0, 0.05) is 5.88 Å². The summed E-state index contributed by atoms with van der Waals surface area (Å²) in [7, 11) is -1.20. The number of halogens is 1. The van der Waals surface area contributed by atoms with Crippen molar-refractivity contribution in [2.75, 3.05) is 5.88 Å². The van der Waals surface area contributed by atoms with Gasteiger partial charge in [-0.1, -0.05) is 68.4 Å². The molecule has 0 amide bonds. The van der Waals surface area contributed by atoms with Crippen LogP contribution in [0.2, 0.25) is 18.1 Å². The molecule has 0 unspecified atom stereocenters. The van der Waals surface area contributed by atoms with E-state index < -0.39 is 8.07 Å². The van der Waals surface area contributed by atoms with E-state index in [1.165, 1.54) is 23.7 Å². The van der Waals surface area contributed by atoms with Gasteiger partial charge in [-0.25, -0.2) is 0 Å². The van der Waals surface area contributed by atoms with Crippen molar-refractivity contribution < 1.29 is 0 Å². The van der Waals surface area contributed by atoms with Gasteiger partial charge in [-0.15, -0.1) is 11.6 Å². The lowest BCUT2D eigenvalue weighted by Crippen LogP contribution is -2.45. The van der Waals surface area contributed by atoms with Crippen LogP contribution in [0.25, 0.3) is 0 Å². The first kappa shape index (κ1) is 14.8. The molecule has 0 saturated heterocycles. The van der Waals surface area contributed by atoms with Crippen molar-refractivity contribution in [3.05, 3.63) is 29.8 Å². The van der Waals surface area contributed by atoms with Crippen molar-refractivity contribution in [1.82, 2.24) is 0 Å². The van der Waals surface area contributed by atoms with E-state index in [0.29, 0.717) is 0 Å². The quantitative estimate of drug-likeness (QED) is 0.502. The van der Waals surface area contributed by atoms with E-state index in [2.05, 4.69) is 45.0 Å². The molecule has 0 N–H and O–H groups in total. The van der Waals surface area contributed by atoms with Gasteiger partial charge in [-0.05, 0) is 18.4 Å². The van der Waals surface area contributed by atoms with E-state index in [4.69, 9.17) is 11.6 Å². The van der Waals surface area contributed by atoms with Gasteiger partial charge in [0.25, 0.3) is 0 Å². The monoisotopic (exact) mass is 268 g/mol. The smallest absolute Gasteiger partial charge is 0.0859 e. The Labute approximate surface area is 112 Å². The van der Waals surface area contributed by atoms with Crippen molar-refractivity contribution in [3.8, 4) is 0 Å². The predicted molar refractivity (Wildman–Crippen MR) is 82.3 cm³/mol. The van der Waals surface area contributed by atoms with E-state index >= 15 is 0 Å². The Balaban J connectivity index is 2.96. The molecule has 0 aromatic heterocycles. The molecule has 0 fully saturated rings. The number of aryl methyl sites for hydroxylation is 1. The topological polar surface area (TPSA) is 0 Å². The van der Waals surface area contributed by atoms with Crippen molar-refractivity contribution in [1.29, 1.82) is 0 Å². The molecule has 0 aliphatic rings. The van der Waals surface area contributed by atoms with Crippen LogP contribution in [0.4, 0.5) is 0 Å². The maximum atomic E-state index is 5.77. The summed E-state index contributed by atoms with van der Waals surface area (Å²) in [6.07, 6.45) is 2.21. The van der Waals surface area contributed by atoms with E-state index in [-0.39, 0.29) is 0 Å². The minimum atomic E-state index is -1.20. The Morgan fingerprint density at radius 1 is 1.06 bits per heavy atom. The zero-order valence-corrected chi connectivity index (χ0v) is 13.2. The van der Waals surface area contributed by atoms with Crippen molar-refractivity contribution >= 4 is 24.9 Å². The normalized spacial score (nSPS) is 11.8. The van der Waals surface area contributed by atoms with Crippen LogP contribution >= 0.6 is 11.6 Å². The summed E-state index contributed by atoms with van der Waals surface area (Å²) in [4.78, 5) is 0. The summed E-state index contributed by atoms with van der Waals surface area (Å²) in [5.74, 6) is 0.766. The standard InChI is InChI=1S/C15H25ClSi/c1-4-17(5-2,6-3)15-11-7-9-14(13-15)10-8-12-16/h7,9,11,13H,4-6,8,10,12H2,1-3H3. The largest absolute Gasteiger partial charge is 0.127 e. The number of hydrogen-bond acceptors (Lipinski definition) is 0. The van der Waals surface area contributed by atoms with Crippen LogP contribution in [0.1, 0.15) is 32.8 Å². The molecule has 1 aromatic rings. The second kappa shape index (κ2) is 7.23. The molecule has 17 heavy (non-hydrogen) atoms. The second-order valence-corrected chi connectivity index (χ2v) is 10.5. The third-order valence-corrected chi connectivity index (χ3v) is 10.0. The fourth-order valence-corrected chi connectivity index (χ4v) is 6.49. The first-order chi connectivity index (χ1) is 8.22. The zero-order valence-electron chi connectivity index (χ0n) is 11.4. The fourth-order valence-electron chi connectivity index (χ4n) is 2.69. The molecule has 1 rings (SSSR count). The highest BCUT2D eigenvalue weighted by atomic mass is 35.5. The van der Waals surface area contributed by atoms with Crippen molar-refractivity contribution in [2.45, 2.75) is 51.7 Å². The number of rotatable bonds is 7. The van der Waals surface area contributed by atoms with Gasteiger partial charge < -0.3 is 0 Å². The van der Waals surface area contributed by atoms with Gasteiger partial charge in [0.05, 0.1) is 8.07 Å². The molecule has 0 atom stereocenters. The summed E-state index contributed by atoms with van der Waals surface area (Å²) in [5.41, 5.74) is 1.47. The van der Waals surface area contributed by atoms with E-state index in [9.17, 15) is 0 Å². The minimum absolute atomic E-state index is 0.766. The molecule has 0 spiro atoms. The Morgan fingerprint density at radius 3 is 2.24 bits per heavy atom. The first-order valence-corrected chi connectivity index (χ1v) is 10.0. The van der Waals surface area contributed by atoms with E-state index in [0.717, 1.165) is 18.7 Å². The van der Waals surface area contributed by atoms with Crippen LogP contribution in [0.3, 0.4) is 0 Å². The molecule has 0 saturated carbocycles. The molecule has 0 heterocycles. The third kappa shape index (κ3) is 3.59. The minimum Gasteiger partial charge on any atom is -0.127 e. The van der Waals surface area contributed by atoms with Gasteiger partial charge in [-0.2, -0.15) is 0 Å². The molecule has 0 nitrogen and oxygen atoms in total. The van der Waals surface area contributed by atoms with Crippen LogP contribution < -0.4 is 5.19 Å². The van der Waals surface area contributed by atoms with Gasteiger partial charge in [-0.3, -0.25) is 0 Å². The predicted octanol–water partition coefficient (Wildman–Crippen LogP) is 4.57. The van der Waals surface area contributed by atoms with Crippen LogP contribution in [0.15, 0.2) is 24.3 Å². The van der Waals surface area contributed by atoms with Crippen LogP contribution in [-0.2, 0) is 6.42 Å². The molecular formula is C15H25ClSi. The number of benzene rings is 1. The molecule has 0 aliphatic carbocycles. The molecule has 96 valence electrons.